The molecule has 2 aliphatic heterocycles. The van der Waals surface area contributed by atoms with Gasteiger partial charge in [-0.05, 0) is 75.7 Å². The Labute approximate surface area is 194 Å². The van der Waals surface area contributed by atoms with E-state index in [1.54, 1.807) is 6.33 Å². The van der Waals surface area contributed by atoms with Gasteiger partial charge in [-0.25, -0.2) is 9.97 Å². The van der Waals surface area contributed by atoms with Gasteiger partial charge in [-0.2, -0.15) is 0 Å². The van der Waals surface area contributed by atoms with Crippen LogP contribution in [0.4, 0.5) is 5.82 Å². The van der Waals surface area contributed by atoms with Crippen molar-refractivity contribution in [3.63, 3.8) is 0 Å². The molecule has 0 radical (unpaired) electrons. The second-order valence-electron chi connectivity index (χ2n) is 10.0. The number of nitrogen functional groups attached to an aromatic ring is 1. The third-order valence-electron chi connectivity index (χ3n) is 7.61. The number of nitrogens with two attached hydrogens (primary N) is 1. The highest BCUT2D eigenvalue weighted by Crippen LogP contribution is 2.43. The van der Waals surface area contributed by atoms with E-state index in [-0.39, 0.29) is 6.10 Å². The van der Waals surface area contributed by atoms with Gasteiger partial charge in [-0.1, -0.05) is 12.1 Å². The van der Waals surface area contributed by atoms with Crippen LogP contribution in [0.25, 0.3) is 22.2 Å². The number of hydrogen-bond donors (Lipinski definition) is 1. The van der Waals surface area contributed by atoms with E-state index in [0.29, 0.717) is 24.6 Å². The summed E-state index contributed by atoms with van der Waals surface area (Å²) in [6.45, 7) is 6.49. The second kappa shape index (κ2) is 8.61. The smallest absolute Gasteiger partial charge is 0.146 e. The summed E-state index contributed by atoms with van der Waals surface area (Å²) in [4.78, 5) is 11.5. The lowest BCUT2D eigenvalue weighted by molar-refractivity contribution is 0.0265. The lowest BCUT2D eigenvalue weighted by Gasteiger charge is -2.42. The highest BCUT2D eigenvalue weighted by Gasteiger charge is 2.34. The van der Waals surface area contributed by atoms with E-state index in [4.69, 9.17) is 15.2 Å². The van der Waals surface area contributed by atoms with Crippen molar-refractivity contribution in [3.05, 3.63) is 36.8 Å². The van der Waals surface area contributed by atoms with Crippen LogP contribution in [0.5, 0.6) is 5.75 Å². The van der Waals surface area contributed by atoms with Crippen LogP contribution in [-0.2, 0) is 4.74 Å². The maximum Gasteiger partial charge on any atom is 0.146 e. The molecule has 7 nitrogen and oxygen atoms in total. The SMILES string of the molecule is CC1CC[C@@H](COc2cccc(-c3cn(C4CC(CN5CCC5)C4)c4ncnc(N)c34)c2)O1. The van der Waals surface area contributed by atoms with Crippen LogP contribution in [0.2, 0.25) is 0 Å². The Morgan fingerprint density at radius 3 is 2.82 bits per heavy atom. The monoisotopic (exact) mass is 447 g/mol. The Balaban J connectivity index is 1.24. The van der Waals surface area contributed by atoms with Crippen LogP contribution in [0.15, 0.2) is 36.8 Å². The standard InChI is InChI=1S/C26H33N5O2/c1-17-6-7-22(33-17)15-32-21-5-2-4-19(12-21)23-14-31(26-24(23)25(27)28-16-29-26)20-10-18(11-20)13-30-8-3-9-30/h2,4-5,12,14,16-18,20,22H,3,6-11,13,15H2,1H3,(H2,27,28,29)/t17?,18?,20?,22-/m0/s1. The quantitative estimate of drug-likeness (QED) is 0.582. The Morgan fingerprint density at radius 2 is 2.06 bits per heavy atom. The van der Waals surface area contributed by atoms with Gasteiger partial charge in [-0.15, -0.1) is 0 Å². The minimum absolute atomic E-state index is 0.178. The molecule has 2 N–H and O–H groups in total. The number of aromatic nitrogens is 3. The zero-order valence-electron chi connectivity index (χ0n) is 19.3. The Kier molecular flexibility index (Phi) is 5.46. The lowest BCUT2D eigenvalue weighted by atomic mass is 9.79. The van der Waals surface area contributed by atoms with Gasteiger partial charge in [0.05, 0.1) is 17.6 Å². The first-order chi connectivity index (χ1) is 16.1. The fourth-order valence-electron chi connectivity index (χ4n) is 5.56. The summed E-state index contributed by atoms with van der Waals surface area (Å²) in [5, 5.41) is 0.939. The van der Waals surface area contributed by atoms with Crippen molar-refractivity contribution >= 4 is 16.9 Å². The molecule has 0 spiro atoms. The third-order valence-corrected chi connectivity index (χ3v) is 7.61. The molecular formula is C26H33N5O2. The summed E-state index contributed by atoms with van der Waals surface area (Å²) in [6.07, 6.45) is 10.2. The highest BCUT2D eigenvalue weighted by atomic mass is 16.5. The van der Waals surface area contributed by atoms with Crippen molar-refractivity contribution in [1.29, 1.82) is 0 Å². The van der Waals surface area contributed by atoms with Crippen LogP contribution in [0.1, 0.15) is 45.1 Å². The molecule has 6 rings (SSSR count). The Morgan fingerprint density at radius 1 is 1.18 bits per heavy atom. The van der Waals surface area contributed by atoms with Gasteiger partial charge in [-0.3, -0.25) is 0 Å². The van der Waals surface area contributed by atoms with E-state index in [9.17, 15) is 0 Å². The van der Waals surface area contributed by atoms with Gasteiger partial charge in [0.2, 0.25) is 0 Å². The van der Waals surface area contributed by atoms with Crippen molar-refractivity contribution in [3.8, 4) is 16.9 Å². The summed E-state index contributed by atoms with van der Waals surface area (Å²) in [5.74, 6) is 2.17. The van der Waals surface area contributed by atoms with Gasteiger partial charge in [0.15, 0.2) is 0 Å². The molecule has 174 valence electrons. The van der Waals surface area contributed by atoms with Gasteiger partial charge in [0.1, 0.15) is 30.1 Å². The van der Waals surface area contributed by atoms with Crippen LogP contribution in [0.3, 0.4) is 0 Å². The van der Waals surface area contributed by atoms with Crippen LogP contribution >= 0.6 is 0 Å². The minimum atomic E-state index is 0.178. The van der Waals surface area contributed by atoms with Gasteiger partial charge in [0.25, 0.3) is 0 Å². The Bertz CT molecular complexity index is 1130. The number of anilines is 1. The molecule has 2 aromatic heterocycles. The predicted molar refractivity (Wildman–Crippen MR) is 129 cm³/mol. The minimum Gasteiger partial charge on any atom is -0.491 e. The van der Waals surface area contributed by atoms with Crippen molar-refractivity contribution < 1.29 is 9.47 Å². The molecule has 3 aromatic rings. The summed E-state index contributed by atoms with van der Waals surface area (Å²) in [7, 11) is 0. The van der Waals surface area contributed by atoms with Crippen LogP contribution in [-0.4, -0.2) is 57.9 Å². The lowest BCUT2D eigenvalue weighted by Crippen LogP contribution is -2.43. The third kappa shape index (κ3) is 4.08. The molecular weight excluding hydrogens is 414 g/mol. The zero-order valence-corrected chi connectivity index (χ0v) is 19.3. The first-order valence-electron chi connectivity index (χ1n) is 12.4. The number of nitrogens with zero attached hydrogens (tertiary/aromatic N) is 4. The highest BCUT2D eigenvalue weighted by molar-refractivity contribution is 6.00. The summed E-state index contributed by atoms with van der Waals surface area (Å²) in [6, 6.07) is 8.73. The number of hydrogen-bond acceptors (Lipinski definition) is 6. The molecule has 1 unspecified atom stereocenters. The van der Waals surface area contributed by atoms with E-state index in [1.807, 2.05) is 12.1 Å². The molecule has 3 aliphatic rings. The normalized spacial score (nSPS) is 27.4. The van der Waals surface area contributed by atoms with Crippen molar-refractivity contribution in [2.45, 2.75) is 57.3 Å². The van der Waals surface area contributed by atoms with E-state index < -0.39 is 0 Å². The molecule has 7 heteroatoms. The molecule has 0 amide bonds. The van der Waals surface area contributed by atoms with Gasteiger partial charge >= 0.3 is 0 Å². The average molecular weight is 448 g/mol. The second-order valence-corrected chi connectivity index (χ2v) is 10.0. The molecule has 0 bridgehead atoms. The fourth-order valence-corrected chi connectivity index (χ4v) is 5.56. The van der Waals surface area contributed by atoms with E-state index in [2.05, 4.69) is 44.7 Å². The molecule has 4 heterocycles. The van der Waals surface area contributed by atoms with Crippen LogP contribution in [0, 0.1) is 5.92 Å². The van der Waals surface area contributed by atoms with E-state index in [0.717, 1.165) is 46.7 Å². The molecule has 1 aliphatic carbocycles. The zero-order chi connectivity index (χ0) is 22.4. The predicted octanol–water partition coefficient (Wildman–Crippen LogP) is 4.28. The number of rotatable bonds is 7. The molecule has 1 aromatic carbocycles. The fraction of sp³-hybridized carbons (Fsp3) is 0.538. The number of benzene rings is 1. The number of fused-ring (bicyclic) bond motifs is 1. The van der Waals surface area contributed by atoms with Crippen molar-refractivity contribution in [2.24, 2.45) is 5.92 Å². The summed E-state index contributed by atoms with van der Waals surface area (Å²) in [5.41, 5.74) is 9.45. The van der Waals surface area contributed by atoms with Crippen molar-refractivity contribution in [1.82, 2.24) is 19.4 Å². The maximum absolute atomic E-state index is 6.36. The molecule has 3 fully saturated rings. The number of likely N-dealkylation sites (tertiary alicyclic amines) is 1. The van der Waals surface area contributed by atoms with Gasteiger partial charge < -0.3 is 24.7 Å². The van der Waals surface area contributed by atoms with E-state index >= 15 is 0 Å². The average Bonchev–Trinajstić information content (AvgIpc) is 3.35. The van der Waals surface area contributed by atoms with E-state index in [1.165, 1.54) is 38.9 Å². The summed E-state index contributed by atoms with van der Waals surface area (Å²) < 4.78 is 14.3. The van der Waals surface area contributed by atoms with Gasteiger partial charge in [0, 0.05) is 24.3 Å². The maximum atomic E-state index is 6.36. The number of ether oxygens (including phenoxy) is 2. The van der Waals surface area contributed by atoms with Crippen LogP contribution < -0.4 is 10.5 Å². The molecule has 1 saturated carbocycles. The molecule has 2 atom stereocenters. The molecule has 2 saturated heterocycles. The first kappa shape index (κ1) is 20.9. The topological polar surface area (TPSA) is 78.4 Å². The Hall–Kier alpha value is -2.64. The van der Waals surface area contributed by atoms with Crippen molar-refractivity contribution in [2.75, 3.05) is 32.0 Å². The largest absolute Gasteiger partial charge is 0.491 e. The summed E-state index contributed by atoms with van der Waals surface area (Å²) >= 11 is 0. The molecule has 33 heavy (non-hydrogen) atoms. The first-order valence-corrected chi connectivity index (χ1v) is 12.4.